The van der Waals surface area contributed by atoms with E-state index in [0.717, 1.165) is 0 Å². The first-order valence-corrected chi connectivity index (χ1v) is 3.47. The first-order valence-electron chi connectivity index (χ1n) is 3.47. The number of carbonyl (C=O) groups excluding carboxylic acids is 1. The fraction of sp³-hybridized carbons (Fsp3) is 0.125. The minimum absolute atomic E-state index is 0. The molecular formula is C8H9Cl2NO3. The summed E-state index contributed by atoms with van der Waals surface area (Å²) in [6, 6.07) is 4.85. The maximum Gasteiger partial charge on any atom is 0.248 e. The van der Waals surface area contributed by atoms with E-state index < -0.39 is 5.91 Å². The van der Waals surface area contributed by atoms with Crippen LogP contribution in [-0.4, -0.2) is 12.7 Å². The van der Waals surface area contributed by atoms with Gasteiger partial charge in [0.05, 0.1) is 0 Å². The average molecular weight is 238 g/mol. The molecule has 0 aromatic heterocycles. The predicted octanol–water partition coefficient (Wildman–Crippen LogP) is 1.36. The molecule has 6 heteroatoms. The second kappa shape index (κ2) is 4.93. The van der Waals surface area contributed by atoms with Crippen LogP contribution in [0, 0.1) is 0 Å². The summed E-state index contributed by atoms with van der Waals surface area (Å²) in [6.45, 7) is 0.206. The van der Waals surface area contributed by atoms with Gasteiger partial charge in [-0.05, 0) is 18.2 Å². The second-order valence-electron chi connectivity index (χ2n) is 2.43. The highest BCUT2D eigenvalue weighted by Crippen LogP contribution is 2.32. The van der Waals surface area contributed by atoms with Gasteiger partial charge in [-0.15, -0.1) is 24.8 Å². The van der Waals surface area contributed by atoms with Gasteiger partial charge < -0.3 is 15.2 Å². The quantitative estimate of drug-likeness (QED) is 0.803. The van der Waals surface area contributed by atoms with Crippen molar-refractivity contribution in [2.24, 2.45) is 5.73 Å². The molecule has 0 radical (unpaired) electrons. The lowest BCUT2D eigenvalue weighted by Crippen LogP contribution is -2.10. The highest BCUT2D eigenvalue weighted by Gasteiger charge is 2.14. The fourth-order valence-corrected chi connectivity index (χ4v) is 1.05. The Hall–Kier alpha value is -1.13. The van der Waals surface area contributed by atoms with Crippen molar-refractivity contribution in [3.05, 3.63) is 23.8 Å². The molecule has 0 unspecified atom stereocenters. The van der Waals surface area contributed by atoms with Crippen LogP contribution in [0.3, 0.4) is 0 Å². The van der Waals surface area contributed by atoms with Gasteiger partial charge in [-0.25, -0.2) is 0 Å². The standard InChI is InChI=1S/C8H7NO3.2ClH/c9-8(10)5-1-2-6-7(3-5)12-4-11-6;;/h1-3H,4H2,(H2,9,10);2*1H. The molecular weight excluding hydrogens is 229 g/mol. The summed E-state index contributed by atoms with van der Waals surface area (Å²) < 4.78 is 10.1. The summed E-state index contributed by atoms with van der Waals surface area (Å²) >= 11 is 0. The van der Waals surface area contributed by atoms with Crippen molar-refractivity contribution >= 4 is 30.7 Å². The number of halogens is 2. The molecule has 4 nitrogen and oxygen atoms in total. The number of carbonyl (C=O) groups is 1. The highest BCUT2D eigenvalue weighted by atomic mass is 35.5. The third-order valence-electron chi connectivity index (χ3n) is 1.66. The van der Waals surface area contributed by atoms with Crippen LogP contribution in [0.1, 0.15) is 10.4 Å². The second-order valence-corrected chi connectivity index (χ2v) is 2.43. The van der Waals surface area contributed by atoms with Crippen molar-refractivity contribution in [1.82, 2.24) is 0 Å². The number of rotatable bonds is 1. The van der Waals surface area contributed by atoms with E-state index in [0.29, 0.717) is 17.1 Å². The van der Waals surface area contributed by atoms with E-state index in [1.165, 1.54) is 0 Å². The zero-order valence-corrected chi connectivity index (χ0v) is 8.69. The predicted molar refractivity (Wildman–Crippen MR) is 55.6 cm³/mol. The van der Waals surface area contributed by atoms with E-state index in [9.17, 15) is 4.79 Å². The maximum atomic E-state index is 10.7. The maximum absolute atomic E-state index is 10.7. The van der Waals surface area contributed by atoms with Crippen molar-refractivity contribution in [3.8, 4) is 11.5 Å². The molecule has 0 bridgehead atoms. The Balaban J connectivity index is 0.000000845. The molecule has 2 rings (SSSR count). The summed E-state index contributed by atoms with van der Waals surface area (Å²) in [5, 5.41) is 0. The smallest absolute Gasteiger partial charge is 0.248 e. The van der Waals surface area contributed by atoms with Crippen LogP contribution in [0.5, 0.6) is 11.5 Å². The van der Waals surface area contributed by atoms with Crippen LogP contribution < -0.4 is 15.2 Å². The third-order valence-corrected chi connectivity index (χ3v) is 1.66. The molecule has 1 amide bonds. The van der Waals surface area contributed by atoms with Crippen LogP contribution in [0.4, 0.5) is 0 Å². The van der Waals surface area contributed by atoms with E-state index in [1.54, 1.807) is 18.2 Å². The van der Waals surface area contributed by atoms with Gasteiger partial charge in [-0.3, -0.25) is 4.79 Å². The molecule has 1 aliphatic heterocycles. The molecule has 1 aliphatic rings. The summed E-state index contributed by atoms with van der Waals surface area (Å²) in [5.41, 5.74) is 5.50. The van der Waals surface area contributed by atoms with Crippen LogP contribution in [-0.2, 0) is 0 Å². The molecule has 14 heavy (non-hydrogen) atoms. The van der Waals surface area contributed by atoms with E-state index in [2.05, 4.69) is 0 Å². The van der Waals surface area contributed by atoms with Crippen molar-refractivity contribution in [2.45, 2.75) is 0 Å². The first-order chi connectivity index (χ1) is 5.77. The van der Waals surface area contributed by atoms with Crippen molar-refractivity contribution in [1.29, 1.82) is 0 Å². The molecule has 0 spiro atoms. The minimum Gasteiger partial charge on any atom is -0.454 e. The summed E-state index contributed by atoms with van der Waals surface area (Å²) in [4.78, 5) is 10.7. The van der Waals surface area contributed by atoms with Crippen molar-refractivity contribution in [2.75, 3.05) is 6.79 Å². The Labute approximate surface area is 93.2 Å². The van der Waals surface area contributed by atoms with Crippen LogP contribution in [0.2, 0.25) is 0 Å². The van der Waals surface area contributed by atoms with E-state index in [1.807, 2.05) is 0 Å². The number of primary amides is 1. The molecule has 78 valence electrons. The van der Waals surface area contributed by atoms with Gasteiger partial charge in [0.2, 0.25) is 12.7 Å². The Morgan fingerprint density at radius 2 is 1.86 bits per heavy atom. The Morgan fingerprint density at radius 1 is 1.21 bits per heavy atom. The molecule has 2 N–H and O–H groups in total. The lowest BCUT2D eigenvalue weighted by molar-refractivity contribution is 0.1000. The average Bonchev–Trinajstić information content (AvgIpc) is 2.49. The topological polar surface area (TPSA) is 61.6 Å². The summed E-state index contributed by atoms with van der Waals surface area (Å²) in [7, 11) is 0. The minimum atomic E-state index is -0.465. The van der Waals surface area contributed by atoms with Gasteiger partial charge in [0.1, 0.15) is 0 Å². The molecule has 0 atom stereocenters. The van der Waals surface area contributed by atoms with Gasteiger partial charge in [-0.1, -0.05) is 0 Å². The normalized spacial score (nSPS) is 11.1. The first kappa shape index (κ1) is 12.9. The van der Waals surface area contributed by atoms with E-state index in [-0.39, 0.29) is 31.6 Å². The Bertz CT molecular complexity index is 343. The molecule has 1 heterocycles. The fourth-order valence-electron chi connectivity index (χ4n) is 1.05. The summed E-state index contributed by atoms with van der Waals surface area (Å²) in [6.07, 6.45) is 0. The number of amides is 1. The highest BCUT2D eigenvalue weighted by molar-refractivity contribution is 5.93. The van der Waals surface area contributed by atoms with Crippen LogP contribution >= 0.6 is 24.8 Å². The third kappa shape index (κ3) is 2.21. The monoisotopic (exact) mass is 237 g/mol. The number of hydrogen-bond donors (Lipinski definition) is 1. The number of nitrogens with two attached hydrogens (primary N) is 1. The Kier molecular flexibility index (Phi) is 4.53. The Morgan fingerprint density at radius 3 is 2.50 bits per heavy atom. The molecule has 0 saturated carbocycles. The van der Waals surface area contributed by atoms with Gasteiger partial charge in [0, 0.05) is 5.56 Å². The van der Waals surface area contributed by atoms with Gasteiger partial charge in [0.25, 0.3) is 0 Å². The molecule has 1 aromatic rings. The number of benzene rings is 1. The zero-order chi connectivity index (χ0) is 8.55. The lowest BCUT2D eigenvalue weighted by Gasteiger charge is -1.97. The number of ether oxygens (including phenoxy) is 2. The van der Waals surface area contributed by atoms with Crippen LogP contribution in [0.15, 0.2) is 18.2 Å². The van der Waals surface area contributed by atoms with Gasteiger partial charge >= 0.3 is 0 Å². The van der Waals surface area contributed by atoms with E-state index >= 15 is 0 Å². The van der Waals surface area contributed by atoms with Crippen LogP contribution in [0.25, 0.3) is 0 Å². The molecule has 0 saturated heterocycles. The lowest BCUT2D eigenvalue weighted by atomic mass is 10.2. The van der Waals surface area contributed by atoms with Gasteiger partial charge in [0.15, 0.2) is 11.5 Å². The SMILES string of the molecule is Cl.Cl.NC(=O)c1ccc2c(c1)OCO2. The number of hydrogen-bond acceptors (Lipinski definition) is 3. The largest absolute Gasteiger partial charge is 0.454 e. The molecule has 0 aliphatic carbocycles. The molecule has 1 aromatic carbocycles. The van der Waals surface area contributed by atoms with Gasteiger partial charge in [-0.2, -0.15) is 0 Å². The van der Waals surface area contributed by atoms with E-state index in [4.69, 9.17) is 15.2 Å². The van der Waals surface area contributed by atoms with Crippen molar-refractivity contribution < 1.29 is 14.3 Å². The van der Waals surface area contributed by atoms with Crippen molar-refractivity contribution in [3.63, 3.8) is 0 Å². The number of fused-ring (bicyclic) bond motifs is 1. The zero-order valence-electron chi connectivity index (χ0n) is 7.06. The molecule has 0 fully saturated rings. The summed E-state index contributed by atoms with van der Waals surface area (Å²) in [5.74, 6) is 0.764.